The smallest absolute Gasteiger partial charge is 0.377 e. The van der Waals surface area contributed by atoms with Gasteiger partial charge in [0.2, 0.25) is 5.76 Å². The number of hydrogen-bond donors (Lipinski definition) is 0. The highest BCUT2D eigenvalue weighted by Crippen LogP contribution is 2.31. The second-order valence-electron chi connectivity index (χ2n) is 7.66. The van der Waals surface area contributed by atoms with E-state index in [2.05, 4.69) is 15.4 Å². The zero-order chi connectivity index (χ0) is 22.5. The van der Waals surface area contributed by atoms with E-state index >= 15 is 0 Å². The van der Waals surface area contributed by atoms with Crippen LogP contribution in [0.4, 0.5) is 0 Å². The van der Waals surface area contributed by atoms with Crippen molar-refractivity contribution in [2.45, 2.75) is 31.7 Å². The Morgan fingerprint density at radius 1 is 1.16 bits per heavy atom. The number of ether oxygens (including phenoxy) is 2. The van der Waals surface area contributed by atoms with E-state index in [0.29, 0.717) is 30.1 Å². The van der Waals surface area contributed by atoms with Gasteiger partial charge in [0.25, 0.3) is 5.91 Å². The number of amides is 1. The fraction of sp³-hybridized carbons (Fsp3) is 0.409. The second kappa shape index (κ2) is 9.73. The summed E-state index contributed by atoms with van der Waals surface area (Å²) in [7, 11) is 1.53. The number of piperidine rings is 1. The Kier molecular flexibility index (Phi) is 6.60. The lowest BCUT2D eigenvalue weighted by molar-refractivity contribution is 0.0345. The predicted octanol–water partition coefficient (Wildman–Crippen LogP) is 2.47. The van der Waals surface area contributed by atoms with Gasteiger partial charge in [-0.3, -0.25) is 4.79 Å². The maximum Gasteiger partial charge on any atom is 0.377 e. The maximum atomic E-state index is 13.5. The van der Waals surface area contributed by atoms with Crippen molar-refractivity contribution >= 4 is 11.9 Å². The molecule has 10 nitrogen and oxygen atoms in total. The van der Waals surface area contributed by atoms with Crippen LogP contribution in [0.25, 0.3) is 5.69 Å². The number of likely N-dealkylation sites (tertiary alicyclic amines) is 1. The number of benzene rings is 1. The highest BCUT2D eigenvalue weighted by Gasteiger charge is 2.33. The number of aromatic nitrogens is 4. The second-order valence-corrected chi connectivity index (χ2v) is 7.66. The molecule has 0 unspecified atom stereocenters. The first kappa shape index (κ1) is 21.7. The van der Waals surface area contributed by atoms with E-state index in [4.69, 9.17) is 14.0 Å². The van der Waals surface area contributed by atoms with Crippen molar-refractivity contribution in [2.24, 2.45) is 0 Å². The van der Waals surface area contributed by atoms with Crippen LogP contribution in [0.1, 0.15) is 52.3 Å². The normalized spacial score (nSPS) is 18.5. The molecule has 0 spiro atoms. The Morgan fingerprint density at radius 3 is 2.72 bits per heavy atom. The van der Waals surface area contributed by atoms with Crippen molar-refractivity contribution in [1.82, 2.24) is 25.1 Å². The zero-order valence-electron chi connectivity index (χ0n) is 18.0. The van der Waals surface area contributed by atoms with Crippen LogP contribution in [-0.2, 0) is 9.47 Å². The Bertz CT molecular complexity index is 1060. The van der Waals surface area contributed by atoms with Crippen molar-refractivity contribution in [3.05, 3.63) is 59.7 Å². The molecular weight excluding hydrogens is 414 g/mol. The number of carbonyl (C=O) groups excluding carboxylic acids is 2. The van der Waals surface area contributed by atoms with Gasteiger partial charge in [-0.1, -0.05) is 17.3 Å². The number of hydrogen-bond acceptors (Lipinski definition) is 8. The average Bonchev–Trinajstić information content (AvgIpc) is 3.52. The Balaban J connectivity index is 1.50. The molecular formula is C22H25N5O5. The van der Waals surface area contributed by atoms with E-state index in [0.717, 1.165) is 12.8 Å². The van der Waals surface area contributed by atoms with E-state index in [1.807, 2.05) is 30.0 Å². The van der Waals surface area contributed by atoms with E-state index < -0.39 is 5.97 Å². The first-order valence-electron chi connectivity index (χ1n) is 10.5. The Morgan fingerprint density at radius 2 is 1.94 bits per heavy atom. The topological polar surface area (TPSA) is 113 Å². The lowest BCUT2D eigenvalue weighted by Crippen LogP contribution is -2.45. The van der Waals surface area contributed by atoms with Crippen LogP contribution in [0.5, 0.6) is 0 Å². The molecule has 0 radical (unpaired) electrons. The maximum absolute atomic E-state index is 13.5. The number of methoxy groups -OCH3 is 1. The number of nitrogens with zero attached hydrogens (tertiary/aromatic N) is 5. The fourth-order valence-electron chi connectivity index (χ4n) is 3.82. The molecule has 32 heavy (non-hydrogen) atoms. The molecule has 1 saturated heterocycles. The predicted molar refractivity (Wildman–Crippen MR) is 112 cm³/mol. The quantitative estimate of drug-likeness (QED) is 0.408. The monoisotopic (exact) mass is 439 g/mol. The molecule has 0 aliphatic carbocycles. The van der Waals surface area contributed by atoms with Gasteiger partial charge < -0.3 is 18.9 Å². The molecule has 168 valence electrons. The molecule has 0 bridgehead atoms. The highest BCUT2D eigenvalue weighted by molar-refractivity contribution is 5.98. The van der Waals surface area contributed by atoms with Crippen molar-refractivity contribution in [1.29, 1.82) is 0 Å². The molecule has 1 aliphatic heterocycles. The summed E-state index contributed by atoms with van der Waals surface area (Å²) in [5.74, 6) is -0.687. The van der Waals surface area contributed by atoms with Gasteiger partial charge in [0.1, 0.15) is 6.61 Å². The van der Waals surface area contributed by atoms with Gasteiger partial charge in [-0.05, 0) is 31.9 Å². The summed E-state index contributed by atoms with van der Waals surface area (Å²) in [5.41, 5.74) is 1.79. The number of esters is 1. The third kappa shape index (κ3) is 4.54. The van der Waals surface area contributed by atoms with Gasteiger partial charge in [-0.15, -0.1) is 0 Å². The zero-order valence-corrected chi connectivity index (χ0v) is 18.0. The number of carbonyl (C=O) groups is 2. The summed E-state index contributed by atoms with van der Waals surface area (Å²) < 4.78 is 15.1. The highest BCUT2D eigenvalue weighted by atomic mass is 16.6. The lowest BCUT2D eigenvalue weighted by atomic mass is 9.90. The minimum atomic E-state index is -0.585. The molecule has 2 aromatic heterocycles. The van der Waals surface area contributed by atoms with Crippen LogP contribution >= 0.6 is 0 Å². The number of para-hydroxylation sites is 1. The minimum absolute atomic E-state index is 0.0442. The van der Waals surface area contributed by atoms with Crippen LogP contribution in [0.3, 0.4) is 0 Å². The molecule has 1 fully saturated rings. The summed E-state index contributed by atoms with van der Waals surface area (Å²) in [6.45, 7) is 2.94. The van der Waals surface area contributed by atoms with Gasteiger partial charge >= 0.3 is 5.97 Å². The summed E-state index contributed by atoms with van der Waals surface area (Å²) in [5, 5.41) is 12.4. The largest absolute Gasteiger partial charge is 0.457 e. The van der Waals surface area contributed by atoms with E-state index in [9.17, 15) is 9.59 Å². The third-order valence-electron chi connectivity index (χ3n) is 5.58. The molecule has 2 atom stereocenters. The molecule has 3 aromatic rings. The van der Waals surface area contributed by atoms with Crippen molar-refractivity contribution in [2.75, 3.05) is 26.9 Å². The van der Waals surface area contributed by atoms with Crippen molar-refractivity contribution < 1.29 is 23.6 Å². The average molecular weight is 439 g/mol. The van der Waals surface area contributed by atoms with Crippen molar-refractivity contribution in [3.8, 4) is 5.69 Å². The molecule has 4 rings (SSSR count). The van der Waals surface area contributed by atoms with Crippen LogP contribution in [0.2, 0.25) is 0 Å². The molecule has 10 heteroatoms. The molecule has 1 amide bonds. The van der Waals surface area contributed by atoms with Crippen LogP contribution in [0.15, 0.2) is 47.2 Å². The fourth-order valence-corrected chi connectivity index (χ4v) is 3.82. The first-order chi connectivity index (χ1) is 15.6. The molecule has 0 saturated carbocycles. The summed E-state index contributed by atoms with van der Waals surface area (Å²) in [4.78, 5) is 28.9. The molecule has 3 heterocycles. The SMILES string of the molecule is COCCOC(=O)c1cc([C@@H]2CC[C@@H](C)N(C(=O)c3ccccc3-n3nccn3)C2)no1. The lowest BCUT2D eigenvalue weighted by Gasteiger charge is -2.37. The third-order valence-corrected chi connectivity index (χ3v) is 5.58. The van der Waals surface area contributed by atoms with Gasteiger partial charge in [0, 0.05) is 31.7 Å². The molecule has 1 aliphatic rings. The molecule has 1 aromatic carbocycles. The van der Waals surface area contributed by atoms with Crippen LogP contribution < -0.4 is 0 Å². The van der Waals surface area contributed by atoms with Crippen molar-refractivity contribution in [3.63, 3.8) is 0 Å². The van der Waals surface area contributed by atoms with E-state index in [1.54, 1.807) is 24.5 Å². The summed E-state index contributed by atoms with van der Waals surface area (Å²) in [6, 6.07) is 8.93. The standard InChI is InChI=1S/C22H25N5O5/c1-15-7-8-16(18-13-20(32-25-18)22(29)31-12-11-30-2)14-26(15)21(28)17-5-3-4-6-19(17)27-23-9-10-24-27/h3-6,9-10,13,15-16H,7-8,11-12,14H2,1-2H3/t15-,16-/m1/s1. The van der Waals surface area contributed by atoms with Crippen LogP contribution in [-0.4, -0.2) is 69.8 Å². The van der Waals surface area contributed by atoms with Crippen LogP contribution in [0, 0.1) is 0 Å². The summed E-state index contributed by atoms with van der Waals surface area (Å²) >= 11 is 0. The first-order valence-corrected chi connectivity index (χ1v) is 10.5. The van der Waals surface area contributed by atoms with E-state index in [-0.39, 0.29) is 30.2 Å². The molecule has 0 N–H and O–H groups in total. The Labute approximate surface area is 185 Å². The Hall–Kier alpha value is -3.53. The number of rotatable bonds is 7. The van der Waals surface area contributed by atoms with Gasteiger partial charge in [0.15, 0.2) is 0 Å². The minimum Gasteiger partial charge on any atom is -0.457 e. The summed E-state index contributed by atoms with van der Waals surface area (Å²) in [6.07, 6.45) is 4.78. The van der Waals surface area contributed by atoms with E-state index in [1.165, 1.54) is 11.9 Å². The van der Waals surface area contributed by atoms with Gasteiger partial charge in [0.05, 0.1) is 35.9 Å². The van der Waals surface area contributed by atoms with Gasteiger partial charge in [-0.2, -0.15) is 15.0 Å². The van der Waals surface area contributed by atoms with Gasteiger partial charge in [-0.25, -0.2) is 4.79 Å².